The third-order valence-electron chi connectivity index (χ3n) is 3.69. The number of benzene rings is 2. The monoisotopic (exact) mass is 363 g/mol. The first-order chi connectivity index (χ1) is 13.1. The summed E-state index contributed by atoms with van der Waals surface area (Å²) in [5, 5.41) is 0. The molecule has 0 saturated heterocycles. The van der Waals surface area contributed by atoms with E-state index in [1.54, 1.807) is 6.08 Å². The number of rotatable bonds is 7. The number of cyclic esters (lactones) is 1. The smallest absolute Gasteiger partial charge is 0.363 e. The van der Waals surface area contributed by atoms with Gasteiger partial charge in [0.1, 0.15) is 6.61 Å². The molecule has 2 aromatic carbocycles. The number of ether oxygens (including phenoxy) is 3. The summed E-state index contributed by atoms with van der Waals surface area (Å²) in [6, 6.07) is 14.8. The van der Waals surface area contributed by atoms with Crippen LogP contribution in [0.3, 0.4) is 0 Å². The molecule has 0 fully saturated rings. The average molecular weight is 363 g/mol. The molecule has 1 heterocycles. The molecule has 0 saturated carbocycles. The Morgan fingerprint density at radius 2 is 1.93 bits per heavy atom. The van der Waals surface area contributed by atoms with Crippen LogP contribution < -0.4 is 9.47 Å². The van der Waals surface area contributed by atoms with Crippen LogP contribution in [-0.2, 0) is 9.53 Å². The second kappa shape index (κ2) is 8.36. The Kier molecular flexibility index (Phi) is 5.71. The van der Waals surface area contributed by atoms with Gasteiger partial charge in [-0.15, -0.1) is 0 Å². The summed E-state index contributed by atoms with van der Waals surface area (Å²) in [6.45, 7) is 8.54. The molecule has 1 aliphatic rings. The lowest BCUT2D eigenvalue weighted by Crippen LogP contribution is -2.05. The van der Waals surface area contributed by atoms with Gasteiger partial charge < -0.3 is 14.2 Å². The first-order valence-corrected chi connectivity index (χ1v) is 8.69. The van der Waals surface area contributed by atoms with Gasteiger partial charge in [-0.25, -0.2) is 9.79 Å². The van der Waals surface area contributed by atoms with E-state index in [-0.39, 0.29) is 5.70 Å². The molecule has 2 aromatic rings. The largest absolute Gasteiger partial charge is 0.490 e. The molecule has 0 radical (unpaired) electrons. The molecule has 138 valence electrons. The number of esters is 1. The number of hydrogen-bond donors (Lipinski definition) is 0. The fourth-order valence-electron chi connectivity index (χ4n) is 2.47. The van der Waals surface area contributed by atoms with Gasteiger partial charge >= 0.3 is 5.97 Å². The molecule has 0 bridgehead atoms. The molecule has 5 nitrogen and oxygen atoms in total. The Bertz CT molecular complexity index is 913. The van der Waals surface area contributed by atoms with Crippen molar-refractivity contribution in [3.63, 3.8) is 0 Å². The first-order valence-electron chi connectivity index (χ1n) is 8.69. The molecule has 0 amide bonds. The average Bonchev–Trinajstić information content (AvgIpc) is 3.02. The number of hydrogen-bond acceptors (Lipinski definition) is 5. The van der Waals surface area contributed by atoms with Crippen LogP contribution >= 0.6 is 0 Å². The van der Waals surface area contributed by atoms with E-state index in [0.29, 0.717) is 30.6 Å². The summed E-state index contributed by atoms with van der Waals surface area (Å²) in [6.07, 6.45) is 1.67. The molecule has 0 aliphatic carbocycles. The molecule has 0 atom stereocenters. The van der Waals surface area contributed by atoms with Crippen LogP contribution in [0.25, 0.3) is 6.08 Å². The Morgan fingerprint density at radius 3 is 2.63 bits per heavy atom. The highest BCUT2D eigenvalue weighted by molar-refractivity contribution is 6.12. The van der Waals surface area contributed by atoms with Crippen LogP contribution in [0.5, 0.6) is 11.5 Å². The van der Waals surface area contributed by atoms with Gasteiger partial charge in [-0.05, 0) is 55.3 Å². The SMILES string of the molecule is C=C(C)COc1ccc(/C=C2\N=C(c3ccccc3)OC2=O)cc1OCC. The number of carbonyl (C=O) groups excluding carboxylic acids is 1. The lowest BCUT2D eigenvalue weighted by molar-refractivity contribution is -0.129. The summed E-state index contributed by atoms with van der Waals surface area (Å²) < 4.78 is 16.6. The maximum absolute atomic E-state index is 12.1. The first kappa shape index (κ1) is 18.5. The molecular weight excluding hydrogens is 342 g/mol. The van der Waals surface area contributed by atoms with Crippen LogP contribution in [0, 0.1) is 0 Å². The van der Waals surface area contributed by atoms with Crippen LogP contribution in [0.4, 0.5) is 0 Å². The van der Waals surface area contributed by atoms with Gasteiger partial charge in [0.15, 0.2) is 17.2 Å². The van der Waals surface area contributed by atoms with Gasteiger partial charge in [-0.3, -0.25) is 0 Å². The highest BCUT2D eigenvalue weighted by atomic mass is 16.6. The summed E-state index contributed by atoms with van der Waals surface area (Å²) in [7, 11) is 0. The number of carbonyl (C=O) groups is 1. The van der Waals surface area contributed by atoms with Crippen molar-refractivity contribution in [1.29, 1.82) is 0 Å². The Morgan fingerprint density at radius 1 is 1.15 bits per heavy atom. The third kappa shape index (κ3) is 4.64. The van der Waals surface area contributed by atoms with E-state index in [4.69, 9.17) is 14.2 Å². The molecule has 0 N–H and O–H groups in total. The Hall–Kier alpha value is -3.34. The summed E-state index contributed by atoms with van der Waals surface area (Å²) in [5.74, 6) is 1.06. The molecule has 27 heavy (non-hydrogen) atoms. The van der Waals surface area contributed by atoms with Gasteiger partial charge in [0.25, 0.3) is 0 Å². The Labute approximate surface area is 158 Å². The predicted octanol–water partition coefficient (Wildman–Crippen LogP) is 4.38. The molecule has 1 aliphatic heterocycles. The Balaban J connectivity index is 1.87. The van der Waals surface area contributed by atoms with E-state index in [1.807, 2.05) is 62.4 Å². The maximum Gasteiger partial charge on any atom is 0.363 e. The van der Waals surface area contributed by atoms with Crippen molar-refractivity contribution in [2.24, 2.45) is 4.99 Å². The normalized spacial score (nSPS) is 14.7. The minimum Gasteiger partial charge on any atom is -0.490 e. The van der Waals surface area contributed by atoms with Crippen molar-refractivity contribution < 1.29 is 19.0 Å². The maximum atomic E-state index is 12.1. The fourth-order valence-corrected chi connectivity index (χ4v) is 2.47. The van der Waals surface area contributed by atoms with Gasteiger partial charge in [-0.1, -0.05) is 30.8 Å². The van der Waals surface area contributed by atoms with E-state index in [0.717, 1.165) is 16.7 Å². The van der Waals surface area contributed by atoms with Crippen LogP contribution in [0.1, 0.15) is 25.0 Å². The molecule has 0 unspecified atom stereocenters. The lowest BCUT2D eigenvalue weighted by Gasteiger charge is -2.12. The van der Waals surface area contributed by atoms with Gasteiger partial charge in [0, 0.05) is 5.56 Å². The van der Waals surface area contributed by atoms with Crippen molar-refractivity contribution in [2.45, 2.75) is 13.8 Å². The molecule has 0 spiro atoms. The third-order valence-corrected chi connectivity index (χ3v) is 3.69. The van der Waals surface area contributed by atoms with Crippen molar-refractivity contribution in [1.82, 2.24) is 0 Å². The standard InChI is InChI=1S/C22H21NO4/c1-4-25-20-13-16(10-11-19(20)26-14-15(2)3)12-18-22(24)27-21(23-18)17-8-6-5-7-9-17/h5-13H,2,4,14H2,1,3H3/b18-12-. The topological polar surface area (TPSA) is 57.1 Å². The van der Waals surface area contributed by atoms with Gasteiger partial charge in [0.05, 0.1) is 6.61 Å². The van der Waals surface area contributed by atoms with Gasteiger partial charge in [-0.2, -0.15) is 0 Å². The zero-order valence-corrected chi connectivity index (χ0v) is 15.4. The van der Waals surface area contributed by atoms with E-state index in [9.17, 15) is 4.79 Å². The predicted molar refractivity (Wildman–Crippen MR) is 105 cm³/mol. The van der Waals surface area contributed by atoms with Crippen LogP contribution in [-0.4, -0.2) is 25.1 Å². The highest BCUT2D eigenvalue weighted by Gasteiger charge is 2.24. The molecular formula is C22H21NO4. The van der Waals surface area contributed by atoms with E-state index in [2.05, 4.69) is 11.6 Å². The van der Waals surface area contributed by atoms with Crippen LogP contribution in [0.2, 0.25) is 0 Å². The fraction of sp³-hybridized carbons (Fsp3) is 0.182. The molecule has 5 heteroatoms. The minimum absolute atomic E-state index is 0.243. The van der Waals surface area contributed by atoms with Crippen LogP contribution in [0.15, 0.2) is 71.4 Å². The lowest BCUT2D eigenvalue weighted by atomic mass is 10.1. The summed E-state index contributed by atoms with van der Waals surface area (Å²) in [5.41, 5.74) is 2.69. The zero-order chi connectivity index (χ0) is 19.2. The quantitative estimate of drug-likeness (QED) is 0.416. The minimum atomic E-state index is -0.477. The van der Waals surface area contributed by atoms with Crippen molar-refractivity contribution >= 4 is 17.9 Å². The van der Waals surface area contributed by atoms with Crippen molar-refractivity contribution in [3.8, 4) is 11.5 Å². The van der Waals surface area contributed by atoms with E-state index < -0.39 is 5.97 Å². The second-order valence-electron chi connectivity index (χ2n) is 6.09. The summed E-state index contributed by atoms with van der Waals surface area (Å²) >= 11 is 0. The zero-order valence-electron chi connectivity index (χ0n) is 15.4. The second-order valence-corrected chi connectivity index (χ2v) is 6.09. The molecule has 3 rings (SSSR count). The van der Waals surface area contributed by atoms with Crippen molar-refractivity contribution in [3.05, 3.63) is 77.5 Å². The van der Waals surface area contributed by atoms with Crippen molar-refractivity contribution in [2.75, 3.05) is 13.2 Å². The number of nitrogens with zero attached hydrogens (tertiary/aromatic N) is 1. The van der Waals surface area contributed by atoms with Gasteiger partial charge in [0.2, 0.25) is 5.90 Å². The highest BCUT2D eigenvalue weighted by Crippen LogP contribution is 2.30. The number of aliphatic imine (C=N–C) groups is 1. The van der Waals surface area contributed by atoms with E-state index >= 15 is 0 Å². The summed E-state index contributed by atoms with van der Waals surface area (Å²) in [4.78, 5) is 16.5. The molecule has 0 aromatic heterocycles. The van der Waals surface area contributed by atoms with E-state index in [1.165, 1.54) is 0 Å².